The Morgan fingerprint density at radius 2 is 1.79 bits per heavy atom. The van der Waals surface area contributed by atoms with Crippen LogP contribution in [0.3, 0.4) is 0 Å². The summed E-state index contributed by atoms with van der Waals surface area (Å²) in [5.74, 6) is -2.25. The molecule has 0 aliphatic heterocycles. The number of pyridine rings is 2. The zero-order valence-electron chi connectivity index (χ0n) is 15.1. The summed E-state index contributed by atoms with van der Waals surface area (Å²) in [7, 11) is 1.61. The fraction of sp³-hybridized carbons (Fsp3) is 0.158. The number of aromatic nitrogens is 2. The zero-order chi connectivity index (χ0) is 21.4. The predicted molar refractivity (Wildman–Crippen MR) is 97.4 cm³/mol. The number of carboxylic acid groups (broad SMARTS) is 1. The van der Waals surface area contributed by atoms with E-state index >= 15 is 0 Å². The van der Waals surface area contributed by atoms with Crippen molar-refractivity contribution in [2.24, 2.45) is 0 Å². The van der Waals surface area contributed by atoms with Gasteiger partial charge in [0.25, 0.3) is 5.91 Å². The van der Waals surface area contributed by atoms with Gasteiger partial charge in [0.1, 0.15) is 11.4 Å². The molecule has 7 nitrogen and oxygen atoms in total. The molecule has 152 valence electrons. The van der Waals surface area contributed by atoms with E-state index in [2.05, 4.69) is 15.3 Å². The standard InChI is InChI=1S/C17H15N3O2.C2HF3O2/c1-22-15-7-3-2-5-13(15)11-19-17(21)14-9-8-12-6-4-10-18-16(12)20-14;3-2(4,5)1(6)7/h2-10H,11H2,1H3,(H,19,21);(H,6,7). The average molecular weight is 407 g/mol. The van der Waals surface area contributed by atoms with Crippen LogP contribution in [0.2, 0.25) is 0 Å². The monoisotopic (exact) mass is 407 g/mol. The minimum absolute atomic E-state index is 0.238. The molecule has 3 rings (SSSR count). The molecule has 2 aromatic heterocycles. The van der Waals surface area contributed by atoms with Gasteiger partial charge in [0.2, 0.25) is 0 Å². The topological polar surface area (TPSA) is 101 Å². The van der Waals surface area contributed by atoms with Crippen molar-refractivity contribution in [1.82, 2.24) is 15.3 Å². The SMILES string of the molecule is COc1ccccc1CNC(=O)c1ccc2cccnc2n1.O=C(O)C(F)(F)F. The number of ether oxygens (including phenoxy) is 1. The van der Waals surface area contributed by atoms with E-state index < -0.39 is 12.1 Å². The molecule has 0 unspecified atom stereocenters. The number of carbonyl (C=O) groups is 2. The molecule has 0 aliphatic carbocycles. The minimum atomic E-state index is -5.08. The first kappa shape index (κ1) is 21.6. The molecule has 0 bridgehead atoms. The number of carboxylic acids is 1. The van der Waals surface area contributed by atoms with Crippen molar-refractivity contribution in [1.29, 1.82) is 0 Å². The Kier molecular flexibility index (Phi) is 7.07. The van der Waals surface area contributed by atoms with Crippen molar-refractivity contribution in [3.8, 4) is 5.75 Å². The second-order valence-corrected chi connectivity index (χ2v) is 5.54. The summed E-state index contributed by atoms with van der Waals surface area (Å²) in [5.41, 5.74) is 1.82. The van der Waals surface area contributed by atoms with Crippen molar-refractivity contribution >= 4 is 22.9 Å². The average Bonchev–Trinajstić information content (AvgIpc) is 2.71. The van der Waals surface area contributed by atoms with Gasteiger partial charge in [0, 0.05) is 23.7 Å². The molecular weight excluding hydrogens is 391 g/mol. The van der Waals surface area contributed by atoms with Gasteiger partial charge in [0.05, 0.1) is 7.11 Å². The van der Waals surface area contributed by atoms with Crippen molar-refractivity contribution in [2.75, 3.05) is 7.11 Å². The number of nitrogens with one attached hydrogen (secondary N) is 1. The maximum absolute atomic E-state index is 12.2. The lowest BCUT2D eigenvalue weighted by Gasteiger charge is -2.09. The Morgan fingerprint density at radius 1 is 1.10 bits per heavy atom. The molecule has 1 aromatic carbocycles. The minimum Gasteiger partial charge on any atom is -0.496 e. The largest absolute Gasteiger partial charge is 0.496 e. The van der Waals surface area contributed by atoms with E-state index in [1.165, 1.54) is 0 Å². The predicted octanol–water partition coefficient (Wildman–Crippen LogP) is 3.20. The van der Waals surface area contributed by atoms with Gasteiger partial charge in [-0.2, -0.15) is 13.2 Å². The smallest absolute Gasteiger partial charge is 0.490 e. The molecule has 0 radical (unpaired) electrons. The maximum atomic E-state index is 12.2. The first-order valence-electron chi connectivity index (χ1n) is 8.14. The number of nitrogens with zero attached hydrogens (tertiary/aromatic N) is 2. The molecule has 0 saturated carbocycles. The highest BCUT2D eigenvalue weighted by Gasteiger charge is 2.38. The third-order valence-electron chi connectivity index (χ3n) is 3.57. The third kappa shape index (κ3) is 6.16. The van der Waals surface area contributed by atoms with Crippen molar-refractivity contribution in [3.63, 3.8) is 0 Å². The summed E-state index contributed by atoms with van der Waals surface area (Å²) in [5, 5.41) is 10.9. The van der Waals surface area contributed by atoms with Gasteiger partial charge in [-0.05, 0) is 30.3 Å². The molecule has 10 heteroatoms. The second-order valence-electron chi connectivity index (χ2n) is 5.54. The Labute approximate surface area is 163 Å². The van der Waals surface area contributed by atoms with Crippen LogP contribution in [0.5, 0.6) is 5.75 Å². The number of alkyl halides is 3. The number of para-hydroxylation sites is 1. The zero-order valence-corrected chi connectivity index (χ0v) is 15.1. The number of aliphatic carboxylic acids is 1. The molecule has 1 amide bonds. The molecule has 29 heavy (non-hydrogen) atoms. The Bertz CT molecular complexity index is 1010. The van der Waals surface area contributed by atoms with Gasteiger partial charge in [0.15, 0.2) is 5.65 Å². The molecule has 2 heterocycles. The number of halogens is 3. The van der Waals surface area contributed by atoms with Gasteiger partial charge < -0.3 is 15.2 Å². The number of benzene rings is 1. The molecule has 0 aliphatic rings. The van der Waals surface area contributed by atoms with E-state index in [0.29, 0.717) is 17.9 Å². The molecule has 0 fully saturated rings. The summed E-state index contributed by atoms with van der Waals surface area (Å²) < 4.78 is 37.0. The van der Waals surface area contributed by atoms with Crippen LogP contribution in [0, 0.1) is 0 Å². The summed E-state index contributed by atoms with van der Waals surface area (Å²) in [6, 6.07) is 14.9. The van der Waals surface area contributed by atoms with E-state index in [4.69, 9.17) is 14.6 Å². The molecular formula is C19H16F3N3O4. The third-order valence-corrected chi connectivity index (χ3v) is 3.57. The van der Waals surface area contributed by atoms with Gasteiger partial charge in [-0.15, -0.1) is 0 Å². The highest BCUT2D eigenvalue weighted by atomic mass is 19.4. The van der Waals surface area contributed by atoms with Crippen LogP contribution in [0.1, 0.15) is 16.1 Å². The van der Waals surface area contributed by atoms with Crippen LogP contribution in [0.4, 0.5) is 13.2 Å². The lowest BCUT2D eigenvalue weighted by Crippen LogP contribution is -2.24. The van der Waals surface area contributed by atoms with E-state index in [-0.39, 0.29) is 5.91 Å². The lowest BCUT2D eigenvalue weighted by atomic mass is 10.2. The maximum Gasteiger partial charge on any atom is 0.490 e. The van der Waals surface area contributed by atoms with Gasteiger partial charge >= 0.3 is 12.1 Å². The van der Waals surface area contributed by atoms with Crippen LogP contribution < -0.4 is 10.1 Å². The van der Waals surface area contributed by atoms with E-state index in [0.717, 1.165) is 16.7 Å². The van der Waals surface area contributed by atoms with E-state index in [1.807, 2.05) is 42.5 Å². The molecule has 0 spiro atoms. The van der Waals surface area contributed by atoms with E-state index in [9.17, 15) is 18.0 Å². The fourth-order valence-corrected chi connectivity index (χ4v) is 2.19. The van der Waals surface area contributed by atoms with Crippen molar-refractivity contribution < 1.29 is 32.6 Å². The highest BCUT2D eigenvalue weighted by Crippen LogP contribution is 2.17. The normalized spacial score (nSPS) is 10.6. The van der Waals surface area contributed by atoms with Crippen LogP contribution >= 0.6 is 0 Å². The number of hydrogen-bond acceptors (Lipinski definition) is 5. The quantitative estimate of drug-likeness (QED) is 0.689. The first-order valence-corrected chi connectivity index (χ1v) is 8.14. The number of methoxy groups -OCH3 is 1. The molecule has 2 N–H and O–H groups in total. The lowest BCUT2D eigenvalue weighted by molar-refractivity contribution is -0.192. The molecule has 0 saturated heterocycles. The number of rotatable bonds is 4. The van der Waals surface area contributed by atoms with Gasteiger partial charge in [-0.3, -0.25) is 4.79 Å². The van der Waals surface area contributed by atoms with Crippen LogP contribution in [-0.4, -0.2) is 40.2 Å². The number of carbonyl (C=O) groups excluding carboxylic acids is 1. The van der Waals surface area contributed by atoms with Gasteiger partial charge in [-0.25, -0.2) is 14.8 Å². The Hall–Kier alpha value is -3.69. The van der Waals surface area contributed by atoms with Crippen molar-refractivity contribution in [2.45, 2.75) is 12.7 Å². The number of amides is 1. The Balaban J connectivity index is 0.000000370. The summed E-state index contributed by atoms with van der Waals surface area (Å²) in [4.78, 5) is 29.5. The summed E-state index contributed by atoms with van der Waals surface area (Å²) >= 11 is 0. The second kappa shape index (κ2) is 9.49. The number of hydrogen-bond donors (Lipinski definition) is 2. The van der Waals surface area contributed by atoms with Gasteiger partial charge in [-0.1, -0.05) is 18.2 Å². The van der Waals surface area contributed by atoms with Crippen LogP contribution in [0.25, 0.3) is 11.0 Å². The summed E-state index contributed by atoms with van der Waals surface area (Å²) in [6.07, 6.45) is -3.42. The first-order chi connectivity index (χ1) is 13.7. The molecule has 0 atom stereocenters. The fourth-order valence-electron chi connectivity index (χ4n) is 2.19. The van der Waals surface area contributed by atoms with Crippen LogP contribution in [0.15, 0.2) is 54.7 Å². The van der Waals surface area contributed by atoms with Crippen molar-refractivity contribution in [3.05, 3.63) is 66.0 Å². The number of fused-ring (bicyclic) bond motifs is 1. The van der Waals surface area contributed by atoms with Crippen LogP contribution in [-0.2, 0) is 11.3 Å². The highest BCUT2D eigenvalue weighted by molar-refractivity contribution is 5.94. The Morgan fingerprint density at radius 3 is 2.45 bits per heavy atom. The summed E-state index contributed by atoms with van der Waals surface area (Å²) in [6.45, 7) is 0.380. The van der Waals surface area contributed by atoms with E-state index in [1.54, 1.807) is 19.4 Å². The molecule has 3 aromatic rings.